The van der Waals surface area contributed by atoms with Crippen LogP contribution in [0, 0.1) is 11.8 Å². The van der Waals surface area contributed by atoms with Crippen LogP contribution in [-0.4, -0.2) is 22.9 Å². The van der Waals surface area contributed by atoms with Gasteiger partial charge in [-0.1, -0.05) is 13.8 Å². The molecule has 1 aromatic rings. The van der Waals surface area contributed by atoms with E-state index >= 15 is 0 Å². The smallest absolute Gasteiger partial charge is 0.368 e. The van der Waals surface area contributed by atoms with E-state index in [0.717, 1.165) is 5.69 Å². The van der Waals surface area contributed by atoms with Crippen LogP contribution in [0.1, 0.15) is 31.5 Å². The van der Waals surface area contributed by atoms with Gasteiger partial charge in [0, 0.05) is 17.8 Å². The molecule has 0 bridgehead atoms. The number of hydrogen-bond donors (Lipinski definition) is 2. The number of rotatable bonds is 3. The molecule has 18 heavy (non-hydrogen) atoms. The summed E-state index contributed by atoms with van der Waals surface area (Å²) in [6.45, 7) is 4.81. The molecule has 0 saturated heterocycles. The number of halogens is 3. The summed E-state index contributed by atoms with van der Waals surface area (Å²) in [7, 11) is 0. The van der Waals surface area contributed by atoms with E-state index in [9.17, 15) is 13.2 Å². The zero-order valence-corrected chi connectivity index (χ0v) is 10.6. The van der Waals surface area contributed by atoms with Gasteiger partial charge in [0.2, 0.25) is 0 Å². The number of anilines is 1. The van der Waals surface area contributed by atoms with Crippen LogP contribution in [0.3, 0.4) is 0 Å². The molecule has 0 spiro atoms. The molecule has 1 aliphatic carbocycles. The van der Waals surface area contributed by atoms with Crippen LogP contribution in [0.2, 0.25) is 0 Å². The second-order valence-corrected chi connectivity index (χ2v) is 5.29. The van der Waals surface area contributed by atoms with Crippen LogP contribution in [-0.2, 0) is 12.8 Å². The Morgan fingerprint density at radius 2 is 2.17 bits per heavy atom. The van der Waals surface area contributed by atoms with Crippen molar-refractivity contribution in [2.24, 2.45) is 11.8 Å². The third kappa shape index (κ3) is 2.79. The second-order valence-electron chi connectivity index (χ2n) is 5.29. The van der Waals surface area contributed by atoms with Gasteiger partial charge in [0.05, 0.1) is 5.92 Å². The van der Waals surface area contributed by atoms with Crippen LogP contribution < -0.4 is 5.32 Å². The van der Waals surface area contributed by atoms with Crippen LogP contribution in [0.15, 0.2) is 0 Å². The van der Waals surface area contributed by atoms with Gasteiger partial charge in [0.15, 0.2) is 5.82 Å². The number of nitrogens with zero attached hydrogens (tertiary/aromatic N) is 1. The molecule has 1 aromatic heterocycles. The quantitative estimate of drug-likeness (QED) is 0.877. The van der Waals surface area contributed by atoms with Crippen molar-refractivity contribution in [3.05, 3.63) is 11.3 Å². The Morgan fingerprint density at radius 1 is 1.44 bits per heavy atom. The van der Waals surface area contributed by atoms with Crippen molar-refractivity contribution in [3.63, 3.8) is 0 Å². The fraction of sp³-hybridized carbons (Fsp3) is 0.750. The Morgan fingerprint density at radius 3 is 2.78 bits per heavy atom. The number of aromatic nitrogens is 2. The minimum atomic E-state index is -4.11. The molecule has 1 atom stereocenters. The van der Waals surface area contributed by atoms with E-state index in [1.807, 2.05) is 13.8 Å². The van der Waals surface area contributed by atoms with Gasteiger partial charge in [0.25, 0.3) is 0 Å². The van der Waals surface area contributed by atoms with Gasteiger partial charge in [-0.05, 0) is 25.2 Å². The molecule has 6 heteroatoms. The SMILES string of the molecule is CC(C)CNc1n[nH]c2c1CC(C(F)(F)F)CC2. The average molecular weight is 261 g/mol. The normalized spacial score (nSPS) is 20.0. The zero-order valence-electron chi connectivity index (χ0n) is 10.6. The first-order valence-electron chi connectivity index (χ1n) is 6.24. The monoisotopic (exact) mass is 261 g/mol. The van der Waals surface area contributed by atoms with E-state index in [1.54, 1.807) is 0 Å². The molecule has 0 radical (unpaired) electrons. The number of fused-ring (bicyclic) bond motifs is 1. The van der Waals surface area contributed by atoms with Crippen molar-refractivity contribution in [2.45, 2.75) is 39.3 Å². The number of H-pyrrole nitrogens is 1. The van der Waals surface area contributed by atoms with Gasteiger partial charge in [-0.15, -0.1) is 0 Å². The number of hydrogen-bond acceptors (Lipinski definition) is 2. The second kappa shape index (κ2) is 4.82. The molecule has 0 fully saturated rings. The Balaban J connectivity index is 2.12. The summed E-state index contributed by atoms with van der Waals surface area (Å²) < 4.78 is 38.2. The molecule has 0 saturated carbocycles. The first-order valence-corrected chi connectivity index (χ1v) is 6.24. The Bertz CT molecular complexity index is 409. The van der Waals surface area contributed by atoms with E-state index in [1.165, 1.54) is 0 Å². The summed E-state index contributed by atoms with van der Waals surface area (Å²) in [6, 6.07) is 0. The lowest BCUT2D eigenvalue weighted by Gasteiger charge is -2.24. The maximum atomic E-state index is 12.7. The summed E-state index contributed by atoms with van der Waals surface area (Å²) in [5, 5.41) is 10.0. The minimum Gasteiger partial charge on any atom is -0.368 e. The highest BCUT2D eigenvalue weighted by Gasteiger charge is 2.42. The van der Waals surface area contributed by atoms with Gasteiger partial charge in [-0.3, -0.25) is 5.10 Å². The van der Waals surface area contributed by atoms with Crippen LogP contribution in [0.25, 0.3) is 0 Å². The molecular formula is C12H18F3N3. The van der Waals surface area contributed by atoms with Crippen LogP contribution in [0.4, 0.5) is 19.0 Å². The molecule has 1 aliphatic rings. The largest absolute Gasteiger partial charge is 0.392 e. The standard InChI is InChI=1S/C12H18F3N3/c1-7(2)6-16-11-9-5-8(12(13,14)15)3-4-10(9)17-18-11/h7-8H,3-6H2,1-2H3,(H2,16,17,18). The predicted octanol–water partition coefficient (Wildman–Crippen LogP) is 3.14. The van der Waals surface area contributed by atoms with Crippen molar-refractivity contribution in [3.8, 4) is 0 Å². The number of alkyl halides is 3. The van der Waals surface area contributed by atoms with Crippen molar-refractivity contribution in [2.75, 3.05) is 11.9 Å². The van der Waals surface area contributed by atoms with Crippen molar-refractivity contribution < 1.29 is 13.2 Å². The summed E-state index contributed by atoms with van der Waals surface area (Å²) in [4.78, 5) is 0. The lowest BCUT2D eigenvalue weighted by atomic mass is 9.87. The fourth-order valence-corrected chi connectivity index (χ4v) is 2.22. The minimum absolute atomic E-state index is 0.0375. The van der Waals surface area contributed by atoms with E-state index in [2.05, 4.69) is 15.5 Å². The van der Waals surface area contributed by atoms with E-state index in [0.29, 0.717) is 30.3 Å². The van der Waals surface area contributed by atoms with Crippen molar-refractivity contribution >= 4 is 5.82 Å². The molecule has 0 aliphatic heterocycles. The van der Waals surface area contributed by atoms with E-state index < -0.39 is 12.1 Å². The van der Waals surface area contributed by atoms with Gasteiger partial charge in [0.1, 0.15) is 0 Å². The predicted molar refractivity (Wildman–Crippen MR) is 63.5 cm³/mol. The average Bonchev–Trinajstić information content (AvgIpc) is 2.67. The van der Waals surface area contributed by atoms with Crippen LogP contribution >= 0.6 is 0 Å². The Hall–Kier alpha value is -1.20. The summed E-state index contributed by atoms with van der Waals surface area (Å²) in [5.74, 6) is -0.214. The lowest BCUT2D eigenvalue weighted by molar-refractivity contribution is -0.177. The van der Waals surface area contributed by atoms with E-state index in [-0.39, 0.29) is 12.8 Å². The number of aromatic amines is 1. The maximum absolute atomic E-state index is 12.7. The van der Waals surface area contributed by atoms with Crippen molar-refractivity contribution in [1.29, 1.82) is 0 Å². The summed E-state index contributed by atoms with van der Waals surface area (Å²) in [6.07, 6.45) is -3.49. The summed E-state index contributed by atoms with van der Waals surface area (Å²) >= 11 is 0. The highest BCUT2D eigenvalue weighted by atomic mass is 19.4. The van der Waals surface area contributed by atoms with Gasteiger partial charge in [-0.2, -0.15) is 18.3 Å². The molecule has 0 amide bonds. The molecule has 2 rings (SSSR count). The fourth-order valence-electron chi connectivity index (χ4n) is 2.22. The first kappa shape index (κ1) is 13.2. The lowest BCUT2D eigenvalue weighted by Crippen LogP contribution is -2.29. The molecule has 1 unspecified atom stereocenters. The molecule has 2 N–H and O–H groups in total. The highest BCUT2D eigenvalue weighted by molar-refractivity contribution is 5.48. The molecule has 3 nitrogen and oxygen atoms in total. The van der Waals surface area contributed by atoms with Crippen molar-refractivity contribution in [1.82, 2.24) is 10.2 Å². The van der Waals surface area contributed by atoms with Gasteiger partial charge < -0.3 is 5.32 Å². The third-order valence-corrected chi connectivity index (χ3v) is 3.29. The molecule has 0 aromatic carbocycles. The highest BCUT2D eigenvalue weighted by Crippen LogP contribution is 2.38. The number of aryl methyl sites for hydroxylation is 1. The number of nitrogens with one attached hydrogen (secondary N) is 2. The molecule has 1 heterocycles. The summed E-state index contributed by atoms with van der Waals surface area (Å²) in [5.41, 5.74) is 1.56. The van der Waals surface area contributed by atoms with E-state index in [4.69, 9.17) is 0 Å². The first-order chi connectivity index (χ1) is 8.38. The van der Waals surface area contributed by atoms with Gasteiger partial charge in [-0.25, -0.2) is 0 Å². The molecule has 102 valence electrons. The topological polar surface area (TPSA) is 40.7 Å². The zero-order chi connectivity index (χ0) is 13.3. The third-order valence-electron chi connectivity index (χ3n) is 3.29. The molecular weight excluding hydrogens is 243 g/mol. The van der Waals surface area contributed by atoms with Gasteiger partial charge >= 0.3 is 6.18 Å². The Labute approximate surface area is 104 Å². The maximum Gasteiger partial charge on any atom is 0.392 e. The Kier molecular flexibility index (Phi) is 3.54. The van der Waals surface area contributed by atoms with Crippen LogP contribution in [0.5, 0.6) is 0 Å².